The summed E-state index contributed by atoms with van der Waals surface area (Å²) >= 11 is 6.57. The molecule has 0 saturated carbocycles. The van der Waals surface area contributed by atoms with Gasteiger partial charge in [0.05, 0.1) is 22.8 Å². The first-order valence-electron chi connectivity index (χ1n) is 9.49. The molecule has 4 aromatic rings. The van der Waals surface area contributed by atoms with E-state index >= 15 is 0 Å². The predicted molar refractivity (Wildman–Crippen MR) is 114 cm³/mol. The maximum atomic E-state index is 6.57. The largest absolute Gasteiger partial charge is 0.341 e. The van der Waals surface area contributed by atoms with Crippen LogP contribution < -0.4 is 5.32 Å². The number of hydrogen-bond donors (Lipinski definition) is 2. The van der Waals surface area contributed by atoms with Crippen molar-refractivity contribution in [3.63, 3.8) is 0 Å². The number of H-pyrrole nitrogens is 1. The van der Waals surface area contributed by atoms with Crippen LogP contribution in [-0.2, 0) is 13.6 Å². The Labute approximate surface area is 169 Å². The Morgan fingerprint density at radius 1 is 1.07 bits per heavy atom. The monoisotopic (exact) mass is 393 g/mol. The van der Waals surface area contributed by atoms with Crippen LogP contribution in [-0.4, -0.2) is 19.7 Å². The van der Waals surface area contributed by atoms with Gasteiger partial charge >= 0.3 is 0 Å². The molecule has 0 aliphatic heterocycles. The normalized spacial score (nSPS) is 12.8. The van der Waals surface area contributed by atoms with Crippen LogP contribution in [0.2, 0.25) is 5.15 Å². The van der Waals surface area contributed by atoms with E-state index in [0.717, 1.165) is 33.7 Å². The molecule has 5 nitrogen and oxygen atoms in total. The lowest BCUT2D eigenvalue weighted by Crippen LogP contribution is -2.26. The van der Waals surface area contributed by atoms with Crippen molar-refractivity contribution in [1.29, 1.82) is 0 Å². The van der Waals surface area contributed by atoms with Crippen LogP contribution in [0.1, 0.15) is 31.3 Å². The van der Waals surface area contributed by atoms with Crippen molar-refractivity contribution in [3.05, 3.63) is 71.1 Å². The molecule has 0 aliphatic carbocycles. The van der Waals surface area contributed by atoms with Gasteiger partial charge in [-0.3, -0.25) is 4.68 Å². The summed E-state index contributed by atoms with van der Waals surface area (Å²) in [6.07, 6.45) is 0. The van der Waals surface area contributed by atoms with Crippen LogP contribution in [0.3, 0.4) is 0 Å². The highest BCUT2D eigenvalue weighted by Gasteiger charge is 2.22. The van der Waals surface area contributed by atoms with Crippen molar-refractivity contribution in [3.8, 4) is 11.3 Å². The second-order valence-electron chi connectivity index (χ2n) is 7.35. The third-order valence-electron chi connectivity index (χ3n) is 4.98. The van der Waals surface area contributed by atoms with E-state index in [4.69, 9.17) is 16.6 Å². The van der Waals surface area contributed by atoms with E-state index in [2.05, 4.69) is 47.4 Å². The summed E-state index contributed by atoms with van der Waals surface area (Å²) in [6.45, 7) is 4.98. The number of aromatic amines is 1. The van der Waals surface area contributed by atoms with E-state index in [0.29, 0.717) is 17.6 Å². The van der Waals surface area contributed by atoms with E-state index in [1.54, 1.807) is 4.68 Å². The lowest BCUT2D eigenvalue weighted by atomic mass is 10.0. The molecule has 2 heterocycles. The van der Waals surface area contributed by atoms with Gasteiger partial charge in [-0.2, -0.15) is 5.10 Å². The summed E-state index contributed by atoms with van der Waals surface area (Å²) in [4.78, 5) is 8.23. The molecular formula is C22H24ClN5. The molecule has 0 amide bonds. The average Bonchev–Trinajstić information content (AvgIpc) is 3.24. The van der Waals surface area contributed by atoms with Crippen LogP contribution in [0.4, 0.5) is 0 Å². The van der Waals surface area contributed by atoms with Crippen molar-refractivity contribution in [2.75, 3.05) is 0 Å². The number of hydrogen-bond acceptors (Lipinski definition) is 3. The Balaban J connectivity index is 1.63. The minimum absolute atomic E-state index is 0.0762. The van der Waals surface area contributed by atoms with E-state index < -0.39 is 0 Å². The molecule has 144 valence electrons. The third kappa shape index (κ3) is 3.55. The van der Waals surface area contributed by atoms with Crippen molar-refractivity contribution < 1.29 is 0 Å². The lowest BCUT2D eigenvalue weighted by molar-refractivity contribution is 0.396. The number of nitrogens with zero attached hydrogens (tertiary/aromatic N) is 3. The molecule has 2 N–H and O–H groups in total. The molecule has 2 aromatic heterocycles. The molecule has 0 bridgehead atoms. The molecule has 28 heavy (non-hydrogen) atoms. The number of benzene rings is 2. The number of fused-ring (bicyclic) bond motifs is 1. The molecule has 0 aliphatic rings. The zero-order valence-corrected chi connectivity index (χ0v) is 17.0. The maximum Gasteiger partial charge on any atom is 0.131 e. The van der Waals surface area contributed by atoms with Crippen LogP contribution in [0.5, 0.6) is 0 Å². The molecule has 6 heteroatoms. The zero-order valence-electron chi connectivity index (χ0n) is 16.3. The smallest absolute Gasteiger partial charge is 0.131 e. The van der Waals surface area contributed by atoms with E-state index in [9.17, 15) is 0 Å². The highest BCUT2D eigenvalue weighted by Crippen LogP contribution is 2.30. The van der Waals surface area contributed by atoms with Crippen molar-refractivity contribution in [1.82, 2.24) is 25.1 Å². The standard InChI is InChI=1S/C22H24ClN5/c1-14(2)19(22-25-17-11-7-8-12-18(17)26-22)24-13-16-20(27-28(3)21(16)23)15-9-5-4-6-10-15/h4-12,14,19,24H,13H2,1-3H3,(H,25,26)/t19-/m1/s1. The number of nitrogens with one attached hydrogen (secondary N) is 2. The fourth-order valence-corrected chi connectivity index (χ4v) is 3.71. The van der Waals surface area contributed by atoms with Crippen LogP contribution in [0, 0.1) is 5.92 Å². The molecule has 2 aromatic carbocycles. The molecule has 0 saturated heterocycles. The van der Waals surface area contributed by atoms with Crippen LogP contribution in [0.15, 0.2) is 54.6 Å². The van der Waals surface area contributed by atoms with Gasteiger partial charge in [-0.1, -0.05) is 67.9 Å². The second-order valence-corrected chi connectivity index (χ2v) is 7.71. The summed E-state index contributed by atoms with van der Waals surface area (Å²) in [5.41, 5.74) is 5.00. The fourth-order valence-electron chi connectivity index (χ4n) is 3.51. The minimum atomic E-state index is 0.0762. The lowest BCUT2D eigenvalue weighted by Gasteiger charge is -2.20. The van der Waals surface area contributed by atoms with Crippen molar-refractivity contribution in [2.24, 2.45) is 13.0 Å². The summed E-state index contributed by atoms with van der Waals surface area (Å²) in [5.74, 6) is 1.30. The van der Waals surface area contributed by atoms with Gasteiger partial charge in [0.25, 0.3) is 0 Å². The highest BCUT2D eigenvalue weighted by atomic mass is 35.5. The maximum absolute atomic E-state index is 6.57. The zero-order chi connectivity index (χ0) is 19.7. The van der Waals surface area contributed by atoms with Crippen LogP contribution >= 0.6 is 11.6 Å². The average molecular weight is 394 g/mol. The van der Waals surface area contributed by atoms with Gasteiger partial charge in [-0.25, -0.2) is 4.98 Å². The van der Waals surface area contributed by atoms with E-state index in [1.807, 2.05) is 43.4 Å². The van der Waals surface area contributed by atoms with Gasteiger partial charge < -0.3 is 10.3 Å². The number of para-hydroxylation sites is 2. The number of aromatic nitrogens is 4. The van der Waals surface area contributed by atoms with Crippen molar-refractivity contribution >= 4 is 22.6 Å². The second kappa shape index (κ2) is 7.78. The van der Waals surface area contributed by atoms with Gasteiger partial charge in [-0.15, -0.1) is 0 Å². The minimum Gasteiger partial charge on any atom is -0.341 e. The summed E-state index contributed by atoms with van der Waals surface area (Å²) in [5, 5.41) is 8.93. The Kier molecular flexibility index (Phi) is 5.20. The van der Waals surface area contributed by atoms with Gasteiger partial charge in [0.15, 0.2) is 0 Å². The first kappa shape index (κ1) is 18.7. The number of aryl methyl sites for hydroxylation is 1. The Bertz CT molecular complexity index is 1050. The van der Waals surface area contributed by atoms with Gasteiger partial charge in [-0.05, 0) is 18.1 Å². The van der Waals surface area contributed by atoms with Crippen LogP contribution in [0.25, 0.3) is 22.3 Å². The first-order valence-corrected chi connectivity index (χ1v) is 9.87. The number of halogens is 1. The number of imidazole rings is 1. The topological polar surface area (TPSA) is 58.5 Å². The molecule has 1 atom stereocenters. The van der Waals surface area contributed by atoms with E-state index in [1.165, 1.54) is 0 Å². The van der Waals surface area contributed by atoms with Gasteiger partial charge in [0, 0.05) is 24.7 Å². The highest BCUT2D eigenvalue weighted by molar-refractivity contribution is 6.30. The van der Waals surface area contributed by atoms with Gasteiger partial charge in [0.1, 0.15) is 11.0 Å². The number of rotatable bonds is 6. The van der Waals surface area contributed by atoms with Crippen molar-refractivity contribution in [2.45, 2.75) is 26.4 Å². The Hall–Kier alpha value is -2.63. The third-order valence-corrected chi connectivity index (χ3v) is 5.46. The summed E-state index contributed by atoms with van der Waals surface area (Å²) < 4.78 is 1.73. The van der Waals surface area contributed by atoms with E-state index in [-0.39, 0.29) is 6.04 Å². The molecule has 4 rings (SSSR count). The predicted octanol–water partition coefficient (Wildman–Crippen LogP) is 5.10. The Morgan fingerprint density at radius 2 is 1.79 bits per heavy atom. The summed E-state index contributed by atoms with van der Waals surface area (Å²) in [7, 11) is 1.87. The molecule has 0 spiro atoms. The fraction of sp³-hybridized carbons (Fsp3) is 0.273. The molecule has 0 unspecified atom stereocenters. The Morgan fingerprint density at radius 3 is 2.50 bits per heavy atom. The first-order chi connectivity index (χ1) is 13.5. The quantitative estimate of drug-likeness (QED) is 0.479. The molecule has 0 fully saturated rings. The molecule has 0 radical (unpaired) electrons. The summed E-state index contributed by atoms with van der Waals surface area (Å²) in [6, 6.07) is 18.3. The van der Waals surface area contributed by atoms with Gasteiger partial charge in [0.2, 0.25) is 0 Å². The molecular weight excluding hydrogens is 370 g/mol. The SMILES string of the molecule is CC(C)[C@@H](NCc1c(-c2ccccc2)nn(C)c1Cl)c1nc2ccccc2[nH]1.